The molecule has 0 aromatic heterocycles. The summed E-state index contributed by atoms with van der Waals surface area (Å²) in [5, 5.41) is 6.90. The molecule has 0 fully saturated rings. The van der Waals surface area contributed by atoms with Gasteiger partial charge in [-0.15, -0.1) is 0 Å². The number of hydrogen-bond acceptors (Lipinski definition) is 4. The van der Waals surface area contributed by atoms with Crippen molar-refractivity contribution in [2.24, 2.45) is 0 Å². The minimum atomic E-state index is 0.764. The van der Waals surface area contributed by atoms with Gasteiger partial charge in [0.15, 0.2) is 0 Å². The van der Waals surface area contributed by atoms with E-state index in [1.807, 2.05) is 30.3 Å². The summed E-state index contributed by atoms with van der Waals surface area (Å²) in [7, 11) is 0. The maximum absolute atomic E-state index is 5.87. The van der Waals surface area contributed by atoms with Crippen LogP contribution >= 0.6 is 0 Å². The summed E-state index contributed by atoms with van der Waals surface area (Å²) in [6, 6.07) is 16.4. The molecule has 2 N–H and O–H groups in total. The van der Waals surface area contributed by atoms with E-state index in [2.05, 4.69) is 42.7 Å². The van der Waals surface area contributed by atoms with Gasteiger partial charge >= 0.3 is 0 Å². The quantitative estimate of drug-likeness (QED) is 0.307. The number of anilines is 2. The average Bonchev–Trinajstić information content (AvgIpc) is 2.76. The van der Waals surface area contributed by atoms with Gasteiger partial charge in [-0.2, -0.15) is 0 Å². The molecule has 0 aliphatic heterocycles. The molecule has 0 unspecified atom stereocenters. The molecule has 160 valence electrons. The average molecular weight is 399 g/mol. The first kappa shape index (κ1) is 22.9. The second-order valence-corrected chi connectivity index (χ2v) is 7.34. The molecule has 0 bridgehead atoms. The number of nitrogens with one attached hydrogen (secondary N) is 2. The Hall–Kier alpha value is -2.36. The Balaban J connectivity index is 1.64. The van der Waals surface area contributed by atoms with Crippen LogP contribution in [0.2, 0.25) is 0 Å². The summed E-state index contributed by atoms with van der Waals surface area (Å²) in [6.45, 7) is 7.64. The zero-order chi connectivity index (χ0) is 20.6. The zero-order valence-electron chi connectivity index (χ0n) is 18.2. The Morgan fingerprint density at radius 1 is 0.655 bits per heavy atom. The van der Waals surface area contributed by atoms with Crippen LogP contribution in [0.4, 0.5) is 11.4 Å². The monoisotopic (exact) mass is 398 g/mol. The molecular weight excluding hydrogens is 360 g/mol. The van der Waals surface area contributed by atoms with E-state index in [-0.39, 0.29) is 0 Å². The van der Waals surface area contributed by atoms with Crippen molar-refractivity contribution in [1.29, 1.82) is 0 Å². The van der Waals surface area contributed by atoms with Gasteiger partial charge in [-0.3, -0.25) is 0 Å². The van der Waals surface area contributed by atoms with Gasteiger partial charge in [0.1, 0.15) is 11.5 Å². The highest BCUT2D eigenvalue weighted by Crippen LogP contribution is 2.23. The van der Waals surface area contributed by atoms with E-state index in [1.165, 1.54) is 25.7 Å². The molecule has 4 nitrogen and oxygen atoms in total. The van der Waals surface area contributed by atoms with Crippen molar-refractivity contribution in [1.82, 2.24) is 0 Å². The first-order chi connectivity index (χ1) is 14.3. The van der Waals surface area contributed by atoms with Gasteiger partial charge in [-0.05, 0) is 49.2 Å². The van der Waals surface area contributed by atoms with Crippen LogP contribution in [0, 0.1) is 0 Å². The van der Waals surface area contributed by atoms with Crippen molar-refractivity contribution in [2.45, 2.75) is 58.8 Å². The smallest absolute Gasteiger partial charge is 0.142 e. The zero-order valence-corrected chi connectivity index (χ0v) is 18.2. The topological polar surface area (TPSA) is 42.5 Å². The van der Waals surface area contributed by atoms with Crippen molar-refractivity contribution < 1.29 is 9.47 Å². The Bertz CT molecular complexity index is 658. The fourth-order valence-corrected chi connectivity index (χ4v) is 3.03. The van der Waals surface area contributed by atoms with Gasteiger partial charge in [0.2, 0.25) is 0 Å². The lowest BCUT2D eigenvalue weighted by molar-refractivity contribution is 0.304. The third kappa shape index (κ3) is 9.60. The number of hydrogen-bond donors (Lipinski definition) is 2. The van der Waals surface area contributed by atoms with Crippen molar-refractivity contribution in [2.75, 3.05) is 36.9 Å². The Kier molecular flexibility index (Phi) is 11.6. The lowest BCUT2D eigenvalue weighted by Gasteiger charge is -2.14. The molecule has 0 saturated heterocycles. The second-order valence-electron chi connectivity index (χ2n) is 7.34. The van der Waals surface area contributed by atoms with Crippen LogP contribution in [0.5, 0.6) is 11.5 Å². The lowest BCUT2D eigenvalue weighted by atomic mass is 10.2. The molecule has 2 rings (SSSR count). The second kappa shape index (κ2) is 14.6. The van der Waals surface area contributed by atoms with Crippen molar-refractivity contribution in [3.05, 3.63) is 48.5 Å². The van der Waals surface area contributed by atoms with E-state index in [0.29, 0.717) is 0 Å². The number of rotatable bonds is 16. The minimum absolute atomic E-state index is 0.764. The van der Waals surface area contributed by atoms with Crippen LogP contribution in [0.25, 0.3) is 0 Å². The largest absolute Gasteiger partial charge is 0.494 e. The minimum Gasteiger partial charge on any atom is -0.494 e. The highest BCUT2D eigenvalue weighted by Gasteiger charge is 2.02. The molecule has 0 saturated carbocycles. The van der Waals surface area contributed by atoms with Crippen LogP contribution in [0.3, 0.4) is 0 Å². The van der Waals surface area contributed by atoms with Crippen molar-refractivity contribution >= 4 is 11.4 Å². The van der Waals surface area contributed by atoms with Gasteiger partial charge < -0.3 is 20.1 Å². The van der Waals surface area contributed by atoms with Gasteiger partial charge in [-0.1, -0.05) is 58.1 Å². The first-order valence-electron chi connectivity index (χ1n) is 11.3. The van der Waals surface area contributed by atoms with Crippen LogP contribution in [0.15, 0.2) is 48.5 Å². The molecule has 0 heterocycles. The first-order valence-corrected chi connectivity index (χ1v) is 11.3. The summed E-state index contributed by atoms with van der Waals surface area (Å²) in [6.07, 6.45) is 8.53. The number of unbranched alkanes of at least 4 members (excludes halogenated alkanes) is 5. The predicted molar refractivity (Wildman–Crippen MR) is 125 cm³/mol. The molecule has 0 amide bonds. The summed E-state index contributed by atoms with van der Waals surface area (Å²) < 4.78 is 11.7. The van der Waals surface area contributed by atoms with Gasteiger partial charge in [0.25, 0.3) is 0 Å². The number of para-hydroxylation sites is 2. The van der Waals surface area contributed by atoms with Crippen LogP contribution < -0.4 is 20.1 Å². The molecule has 0 radical (unpaired) electrons. The summed E-state index contributed by atoms with van der Waals surface area (Å²) in [5.41, 5.74) is 2.16. The molecule has 29 heavy (non-hydrogen) atoms. The molecule has 2 aromatic carbocycles. The highest BCUT2D eigenvalue weighted by molar-refractivity contribution is 5.56. The SMILES string of the molecule is CCCCCCCOc1ccc(NCCNc2ccccc2OCCCC)cc1. The Morgan fingerprint density at radius 2 is 1.34 bits per heavy atom. The van der Waals surface area contributed by atoms with Crippen LogP contribution in [-0.4, -0.2) is 26.3 Å². The Labute approximate surface area is 177 Å². The van der Waals surface area contributed by atoms with E-state index >= 15 is 0 Å². The van der Waals surface area contributed by atoms with E-state index in [1.54, 1.807) is 0 Å². The molecule has 0 aliphatic rings. The number of benzene rings is 2. The highest BCUT2D eigenvalue weighted by atomic mass is 16.5. The lowest BCUT2D eigenvalue weighted by Crippen LogP contribution is -2.14. The van der Waals surface area contributed by atoms with Crippen LogP contribution in [-0.2, 0) is 0 Å². The normalized spacial score (nSPS) is 10.6. The molecule has 0 aliphatic carbocycles. The van der Waals surface area contributed by atoms with Gasteiger partial charge in [-0.25, -0.2) is 0 Å². The van der Waals surface area contributed by atoms with Crippen LogP contribution in [0.1, 0.15) is 58.8 Å². The van der Waals surface area contributed by atoms with E-state index in [9.17, 15) is 0 Å². The van der Waals surface area contributed by atoms with Gasteiger partial charge in [0.05, 0.1) is 18.9 Å². The maximum Gasteiger partial charge on any atom is 0.142 e. The van der Waals surface area contributed by atoms with E-state index in [4.69, 9.17) is 9.47 Å². The third-order valence-electron chi connectivity index (χ3n) is 4.78. The number of ether oxygens (including phenoxy) is 2. The van der Waals surface area contributed by atoms with Crippen molar-refractivity contribution in [3.8, 4) is 11.5 Å². The molecule has 2 aromatic rings. The Morgan fingerprint density at radius 3 is 2.14 bits per heavy atom. The standard InChI is InChI=1S/C25H38N2O2/c1-3-5-7-8-11-21-28-23-16-14-22(15-17-23)26-18-19-27-24-12-9-10-13-25(24)29-20-6-4-2/h9-10,12-17,26-27H,3-8,11,18-21H2,1-2H3. The molecule has 4 heteroatoms. The molecule has 0 spiro atoms. The van der Waals surface area contributed by atoms with Crippen molar-refractivity contribution in [3.63, 3.8) is 0 Å². The summed E-state index contributed by atoms with van der Waals surface area (Å²) >= 11 is 0. The predicted octanol–water partition coefficient (Wildman–Crippen LogP) is 6.74. The fourth-order valence-electron chi connectivity index (χ4n) is 3.03. The van der Waals surface area contributed by atoms with E-state index in [0.717, 1.165) is 68.4 Å². The summed E-state index contributed by atoms with van der Waals surface area (Å²) in [4.78, 5) is 0. The van der Waals surface area contributed by atoms with E-state index < -0.39 is 0 Å². The molecular formula is C25H38N2O2. The molecule has 0 atom stereocenters. The third-order valence-corrected chi connectivity index (χ3v) is 4.78. The van der Waals surface area contributed by atoms with Gasteiger partial charge in [0, 0.05) is 18.8 Å². The summed E-state index contributed by atoms with van der Waals surface area (Å²) in [5.74, 6) is 1.87. The fraction of sp³-hybridized carbons (Fsp3) is 0.520. The maximum atomic E-state index is 5.87.